The minimum absolute atomic E-state index is 0.221. The summed E-state index contributed by atoms with van der Waals surface area (Å²) in [4.78, 5) is 0. The van der Waals surface area contributed by atoms with Crippen molar-refractivity contribution in [3.8, 4) is 0 Å². The van der Waals surface area contributed by atoms with E-state index in [1.807, 2.05) is 12.3 Å². The molecule has 1 saturated carbocycles. The summed E-state index contributed by atoms with van der Waals surface area (Å²) in [6, 6.07) is 2.61. The van der Waals surface area contributed by atoms with E-state index in [9.17, 15) is 0 Å². The van der Waals surface area contributed by atoms with Crippen molar-refractivity contribution in [2.45, 2.75) is 31.7 Å². The highest BCUT2D eigenvalue weighted by molar-refractivity contribution is 5.03. The van der Waals surface area contributed by atoms with Gasteiger partial charge in [-0.1, -0.05) is 0 Å². The Bertz CT molecular complexity index is 253. The van der Waals surface area contributed by atoms with Gasteiger partial charge in [0.15, 0.2) is 0 Å². The van der Waals surface area contributed by atoms with Crippen molar-refractivity contribution in [2.24, 2.45) is 0 Å². The Morgan fingerprint density at radius 3 is 3.00 bits per heavy atom. The van der Waals surface area contributed by atoms with Gasteiger partial charge < -0.3 is 5.11 Å². The second-order valence-electron chi connectivity index (χ2n) is 3.33. The van der Waals surface area contributed by atoms with Crippen LogP contribution in [0.5, 0.6) is 0 Å². The first-order chi connectivity index (χ1) is 5.92. The van der Waals surface area contributed by atoms with E-state index in [0.29, 0.717) is 6.04 Å². The molecule has 0 spiro atoms. The molecule has 1 aromatic heterocycles. The van der Waals surface area contributed by atoms with Gasteiger partial charge in [0.25, 0.3) is 0 Å². The van der Waals surface area contributed by atoms with Crippen LogP contribution in [0.4, 0.5) is 0 Å². The Labute approximate surface area is 72.0 Å². The van der Waals surface area contributed by atoms with Crippen LogP contribution in [0.15, 0.2) is 12.3 Å². The summed E-state index contributed by atoms with van der Waals surface area (Å²) in [7, 11) is 0. The molecule has 0 amide bonds. The van der Waals surface area contributed by atoms with Crippen LogP contribution in [0, 0.1) is 0 Å². The lowest BCUT2D eigenvalue weighted by Crippen LogP contribution is -2.20. The fraction of sp³-hybridized carbons (Fsp3) is 0.667. The zero-order chi connectivity index (χ0) is 8.39. The normalized spacial score (nSPS) is 17.8. The van der Waals surface area contributed by atoms with Gasteiger partial charge >= 0.3 is 0 Å². The van der Waals surface area contributed by atoms with Gasteiger partial charge in [-0.05, 0) is 25.3 Å². The summed E-state index contributed by atoms with van der Waals surface area (Å²) < 4.78 is 2.07. The van der Waals surface area contributed by atoms with Crippen LogP contribution in [0.3, 0.4) is 0 Å². The number of hydrogen-bond acceptors (Lipinski definition) is 2. The second-order valence-corrected chi connectivity index (χ2v) is 3.33. The van der Waals surface area contributed by atoms with E-state index in [1.54, 1.807) is 0 Å². The minimum Gasteiger partial charge on any atom is -0.396 e. The molecular weight excluding hydrogens is 152 g/mol. The Kier molecular flexibility index (Phi) is 2.13. The lowest BCUT2D eigenvalue weighted by molar-refractivity contribution is 0.264. The van der Waals surface area contributed by atoms with Crippen LogP contribution in [0.25, 0.3) is 0 Å². The minimum atomic E-state index is 0.221. The maximum atomic E-state index is 8.79. The zero-order valence-corrected chi connectivity index (χ0v) is 7.11. The quantitative estimate of drug-likeness (QED) is 0.731. The van der Waals surface area contributed by atoms with Crippen molar-refractivity contribution >= 4 is 0 Å². The summed E-state index contributed by atoms with van der Waals surface area (Å²) >= 11 is 0. The summed E-state index contributed by atoms with van der Waals surface area (Å²) in [5.74, 6) is 0. The van der Waals surface area contributed by atoms with E-state index in [0.717, 1.165) is 6.42 Å². The number of nitrogens with zero attached hydrogens (tertiary/aromatic N) is 2. The number of aliphatic hydroxyl groups excluding tert-OH is 1. The fourth-order valence-electron chi connectivity index (χ4n) is 1.61. The van der Waals surface area contributed by atoms with E-state index in [-0.39, 0.29) is 6.61 Å². The van der Waals surface area contributed by atoms with Crippen LogP contribution in [-0.2, 0) is 6.42 Å². The van der Waals surface area contributed by atoms with Gasteiger partial charge in [-0.2, -0.15) is 5.10 Å². The van der Waals surface area contributed by atoms with Crippen LogP contribution in [0.2, 0.25) is 0 Å². The third-order valence-corrected chi connectivity index (χ3v) is 2.54. The Balaban J connectivity index is 2.12. The topological polar surface area (TPSA) is 38.1 Å². The predicted octanol–water partition coefficient (Wildman–Crippen LogP) is 1.14. The molecule has 12 heavy (non-hydrogen) atoms. The molecule has 1 fully saturated rings. The molecule has 1 aromatic rings. The van der Waals surface area contributed by atoms with Gasteiger partial charge in [0.2, 0.25) is 0 Å². The summed E-state index contributed by atoms with van der Waals surface area (Å²) in [5, 5.41) is 13.1. The van der Waals surface area contributed by atoms with Crippen molar-refractivity contribution in [1.82, 2.24) is 9.78 Å². The first kappa shape index (κ1) is 7.80. The molecule has 0 bridgehead atoms. The van der Waals surface area contributed by atoms with Gasteiger partial charge in [-0.3, -0.25) is 4.68 Å². The lowest BCUT2D eigenvalue weighted by Gasteiger charge is -2.27. The molecule has 1 aliphatic carbocycles. The molecule has 2 rings (SSSR count). The zero-order valence-electron chi connectivity index (χ0n) is 7.11. The SMILES string of the molecule is OCCc1ccnn1C1CCC1. The average molecular weight is 166 g/mol. The maximum Gasteiger partial charge on any atom is 0.0522 e. The molecule has 3 nitrogen and oxygen atoms in total. The van der Waals surface area contributed by atoms with Crippen molar-refractivity contribution in [1.29, 1.82) is 0 Å². The van der Waals surface area contributed by atoms with Gasteiger partial charge in [0.1, 0.15) is 0 Å². The fourth-order valence-corrected chi connectivity index (χ4v) is 1.61. The third kappa shape index (κ3) is 1.25. The van der Waals surface area contributed by atoms with E-state index < -0.39 is 0 Å². The van der Waals surface area contributed by atoms with Crippen molar-refractivity contribution in [3.05, 3.63) is 18.0 Å². The largest absolute Gasteiger partial charge is 0.396 e. The van der Waals surface area contributed by atoms with Crippen molar-refractivity contribution in [2.75, 3.05) is 6.61 Å². The Morgan fingerprint density at radius 2 is 2.42 bits per heavy atom. The molecular formula is C9H14N2O. The molecule has 0 atom stereocenters. The number of aromatic nitrogens is 2. The van der Waals surface area contributed by atoms with E-state index in [4.69, 9.17) is 5.11 Å². The maximum absolute atomic E-state index is 8.79. The standard InChI is InChI=1S/C9H14N2O/c12-7-5-9-4-6-10-11(9)8-2-1-3-8/h4,6,8,12H,1-3,5,7H2. The molecule has 0 aliphatic heterocycles. The number of hydrogen-bond donors (Lipinski definition) is 1. The van der Waals surface area contributed by atoms with Gasteiger partial charge in [-0.15, -0.1) is 0 Å². The summed E-state index contributed by atoms with van der Waals surface area (Å²) in [5.41, 5.74) is 1.17. The van der Waals surface area contributed by atoms with Gasteiger partial charge in [0.05, 0.1) is 6.04 Å². The summed E-state index contributed by atoms with van der Waals surface area (Å²) in [6.07, 6.45) is 6.38. The monoisotopic (exact) mass is 166 g/mol. The van der Waals surface area contributed by atoms with E-state index >= 15 is 0 Å². The molecule has 0 aromatic carbocycles. The van der Waals surface area contributed by atoms with Crippen LogP contribution >= 0.6 is 0 Å². The smallest absolute Gasteiger partial charge is 0.0522 e. The van der Waals surface area contributed by atoms with Gasteiger partial charge in [0, 0.05) is 24.9 Å². The van der Waals surface area contributed by atoms with E-state index in [1.165, 1.54) is 25.0 Å². The average Bonchev–Trinajstić information content (AvgIpc) is 2.35. The number of aliphatic hydroxyl groups is 1. The molecule has 1 N–H and O–H groups in total. The first-order valence-electron chi connectivity index (χ1n) is 4.55. The van der Waals surface area contributed by atoms with Crippen LogP contribution in [0.1, 0.15) is 31.0 Å². The molecule has 66 valence electrons. The molecule has 3 heteroatoms. The summed E-state index contributed by atoms with van der Waals surface area (Å²) in [6.45, 7) is 0.221. The lowest BCUT2D eigenvalue weighted by atomic mass is 9.93. The highest BCUT2D eigenvalue weighted by Crippen LogP contribution is 2.31. The highest BCUT2D eigenvalue weighted by Gasteiger charge is 2.21. The molecule has 0 saturated heterocycles. The Morgan fingerprint density at radius 1 is 1.58 bits per heavy atom. The van der Waals surface area contributed by atoms with Gasteiger partial charge in [-0.25, -0.2) is 0 Å². The van der Waals surface area contributed by atoms with Crippen molar-refractivity contribution < 1.29 is 5.11 Å². The predicted molar refractivity (Wildman–Crippen MR) is 45.9 cm³/mol. The number of rotatable bonds is 3. The highest BCUT2D eigenvalue weighted by atomic mass is 16.3. The molecule has 0 radical (unpaired) electrons. The Hall–Kier alpha value is -0.830. The molecule has 0 unspecified atom stereocenters. The van der Waals surface area contributed by atoms with Crippen LogP contribution < -0.4 is 0 Å². The molecule has 1 heterocycles. The molecule has 1 aliphatic rings. The first-order valence-corrected chi connectivity index (χ1v) is 4.55. The van der Waals surface area contributed by atoms with E-state index in [2.05, 4.69) is 9.78 Å². The van der Waals surface area contributed by atoms with Crippen molar-refractivity contribution in [3.63, 3.8) is 0 Å². The third-order valence-electron chi connectivity index (χ3n) is 2.54. The second kappa shape index (κ2) is 3.27. The van der Waals surface area contributed by atoms with Crippen LogP contribution in [-0.4, -0.2) is 21.5 Å².